The summed E-state index contributed by atoms with van der Waals surface area (Å²) in [6.45, 7) is 8.19. The van der Waals surface area contributed by atoms with Gasteiger partial charge in [-0.15, -0.1) is 0 Å². The van der Waals surface area contributed by atoms with Crippen LogP contribution in [0, 0.1) is 25.7 Å². The molecular formula is C16H25NO2S. The van der Waals surface area contributed by atoms with E-state index in [1.54, 1.807) is 6.07 Å². The Morgan fingerprint density at radius 3 is 2.50 bits per heavy atom. The Labute approximate surface area is 122 Å². The molecule has 0 aliphatic heterocycles. The topological polar surface area (TPSA) is 46.2 Å². The minimum Gasteiger partial charge on any atom is -0.208 e. The van der Waals surface area contributed by atoms with Gasteiger partial charge in [-0.3, -0.25) is 0 Å². The molecule has 4 heteroatoms. The van der Waals surface area contributed by atoms with Crippen LogP contribution in [-0.4, -0.2) is 14.5 Å². The average Bonchev–Trinajstić information content (AvgIpc) is 2.34. The number of aryl methyl sites for hydroxylation is 2. The summed E-state index contributed by atoms with van der Waals surface area (Å²) in [5, 5.41) is 0. The maximum Gasteiger partial charge on any atom is 0.241 e. The first-order valence-corrected chi connectivity index (χ1v) is 8.89. The van der Waals surface area contributed by atoms with Crippen molar-refractivity contribution < 1.29 is 8.42 Å². The summed E-state index contributed by atoms with van der Waals surface area (Å²) in [5.41, 5.74) is 1.90. The zero-order valence-corrected chi connectivity index (χ0v) is 13.6. The summed E-state index contributed by atoms with van der Waals surface area (Å²) in [5.74, 6) is 0.972. The molecule has 0 heterocycles. The van der Waals surface area contributed by atoms with Gasteiger partial charge in [-0.25, -0.2) is 13.1 Å². The highest BCUT2D eigenvalue weighted by atomic mass is 32.2. The number of rotatable bonds is 3. The van der Waals surface area contributed by atoms with E-state index in [1.807, 2.05) is 26.0 Å². The third-order valence-electron chi connectivity index (χ3n) is 4.63. The predicted octanol–water partition coefficient (Wildman–Crippen LogP) is 3.41. The highest BCUT2D eigenvalue weighted by Gasteiger charge is 2.31. The van der Waals surface area contributed by atoms with Crippen LogP contribution in [-0.2, 0) is 10.0 Å². The first kappa shape index (κ1) is 15.5. The summed E-state index contributed by atoms with van der Waals surface area (Å²) in [6.07, 6.45) is 3.24. The molecule has 0 aromatic heterocycles. The fourth-order valence-corrected chi connectivity index (χ4v) is 4.70. The van der Waals surface area contributed by atoms with E-state index in [0.717, 1.165) is 24.0 Å². The lowest BCUT2D eigenvalue weighted by Gasteiger charge is -2.34. The van der Waals surface area contributed by atoms with Gasteiger partial charge in [-0.1, -0.05) is 44.4 Å². The minimum absolute atomic E-state index is 0.0597. The Morgan fingerprint density at radius 1 is 1.15 bits per heavy atom. The maximum atomic E-state index is 12.6. The van der Waals surface area contributed by atoms with Gasteiger partial charge in [-0.2, -0.15) is 0 Å². The number of nitrogens with one attached hydrogen (secondary N) is 1. The molecule has 1 fully saturated rings. The zero-order valence-electron chi connectivity index (χ0n) is 12.8. The molecule has 0 bridgehead atoms. The number of benzene rings is 1. The van der Waals surface area contributed by atoms with Crippen LogP contribution in [0.25, 0.3) is 0 Å². The van der Waals surface area contributed by atoms with E-state index in [9.17, 15) is 8.42 Å². The van der Waals surface area contributed by atoms with Crippen LogP contribution in [0.15, 0.2) is 23.1 Å². The smallest absolute Gasteiger partial charge is 0.208 e. The van der Waals surface area contributed by atoms with Crippen molar-refractivity contribution in [2.24, 2.45) is 11.8 Å². The van der Waals surface area contributed by atoms with Crippen molar-refractivity contribution in [3.63, 3.8) is 0 Å². The summed E-state index contributed by atoms with van der Waals surface area (Å²) in [6, 6.07) is 5.55. The normalized spacial score (nSPS) is 27.5. The van der Waals surface area contributed by atoms with Crippen molar-refractivity contribution >= 4 is 10.0 Å². The lowest BCUT2D eigenvalue weighted by Crippen LogP contribution is -2.43. The van der Waals surface area contributed by atoms with E-state index in [-0.39, 0.29) is 6.04 Å². The van der Waals surface area contributed by atoms with Crippen molar-refractivity contribution in [1.82, 2.24) is 4.72 Å². The molecule has 1 saturated carbocycles. The van der Waals surface area contributed by atoms with Crippen molar-refractivity contribution in [1.29, 1.82) is 0 Å². The average molecular weight is 295 g/mol. The van der Waals surface area contributed by atoms with Gasteiger partial charge in [0.2, 0.25) is 10.0 Å². The molecule has 3 atom stereocenters. The number of sulfonamides is 1. The lowest BCUT2D eigenvalue weighted by atomic mass is 9.78. The molecule has 0 amide bonds. The van der Waals surface area contributed by atoms with Crippen LogP contribution < -0.4 is 4.72 Å². The highest BCUT2D eigenvalue weighted by molar-refractivity contribution is 7.89. The van der Waals surface area contributed by atoms with Crippen molar-refractivity contribution in [3.05, 3.63) is 29.3 Å². The van der Waals surface area contributed by atoms with Crippen molar-refractivity contribution in [2.45, 2.75) is 57.9 Å². The molecule has 1 aromatic carbocycles. The summed E-state index contributed by atoms with van der Waals surface area (Å²) >= 11 is 0. The fraction of sp³-hybridized carbons (Fsp3) is 0.625. The predicted molar refractivity (Wildman–Crippen MR) is 82.2 cm³/mol. The van der Waals surface area contributed by atoms with E-state index < -0.39 is 10.0 Å². The van der Waals surface area contributed by atoms with E-state index in [1.165, 1.54) is 6.42 Å². The number of hydrogen-bond acceptors (Lipinski definition) is 2. The van der Waals surface area contributed by atoms with Gasteiger partial charge >= 0.3 is 0 Å². The van der Waals surface area contributed by atoms with E-state index in [2.05, 4.69) is 18.6 Å². The Morgan fingerprint density at radius 2 is 1.85 bits per heavy atom. The standard InChI is InChI=1S/C16H25NO2S/c1-11-8-9-16(13(3)10-11)20(18,19)17-15-7-5-6-12(2)14(15)4/h8-10,12,14-15,17H,5-7H2,1-4H3/t12-,14+,15-/m1/s1. The molecule has 112 valence electrons. The molecule has 1 aliphatic rings. The van der Waals surface area contributed by atoms with Crippen molar-refractivity contribution in [2.75, 3.05) is 0 Å². The van der Waals surface area contributed by atoms with E-state index >= 15 is 0 Å². The van der Waals surface area contributed by atoms with E-state index in [0.29, 0.717) is 16.7 Å². The minimum atomic E-state index is -3.41. The summed E-state index contributed by atoms with van der Waals surface area (Å²) in [4.78, 5) is 0.411. The van der Waals surface area contributed by atoms with Gasteiger partial charge in [0.05, 0.1) is 4.90 Å². The quantitative estimate of drug-likeness (QED) is 0.929. The van der Waals surface area contributed by atoms with Gasteiger partial charge in [0, 0.05) is 6.04 Å². The van der Waals surface area contributed by atoms with Crippen molar-refractivity contribution in [3.8, 4) is 0 Å². The van der Waals surface area contributed by atoms with Gasteiger partial charge < -0.3 is 0 Å². The molecule has 0 spiro atoms. The van der Waals surface area contributed by atoms with Gasteiger partial charge in [0.1, 0.15) is 0 Å². The van der Waals surface area contributed by atoms with Gasteiger partial charge in [-0.05, 0) is 43.7 Å². The molecule has 20 heavy (non-hydrogen) atoms. The van der Waals surface area contributed by atoms with Crippen LogP contribution >= 0.6 is 0 Å². The zero-order chi connectivity index (χ0) is 14.9. The Balaban J connectivity index is 2.22. The van der Waals surface area contributed by atoms with Crippen LogP contribution in [0.3, 0.4) is 0 Å². The molecule has 0 saturated heterocycles. The van der Waals surface area contributed by atoms with Crippen LogP contribution in [0.5, 0.6) is 0 Å². The second-order valence-corrected chi connectivity index (χ2v) is 7.95. The Bertz CT molecular complexity index is 580. The highest BCUT2D eigenvalue weighted by Crippen LogP contribution is 2.30. The second-order valence-electron chi connectivity index (χ2n) is 6.26. The van der Waals surface area contributed by atoms with Gasteiger partial charge in [0.25, 0.3) is 0 Å². The molecule has 2 rings (SSSR count). The first-order chi connectivity index (χ1) is 9.31. The third-order valence-corrected chi connectivity index (χ3v) is 6.28. The molecule has 0 radical (unpaired) electrons. The summed E-state index contributed by atoms with van der Waals surface area (Å²) < 4.78 is 28.1. The monoisotopic (exact) mass is 295 g/mol. The maximum absolute atomic E-state index is 12.6. The Kier molecular flexibility index (Phi) is 4.55. The molecular weight excluding hydrogens is 270 g/mol. The third kappa shape index (κ3) is 3.23. The largest absolute Gasteiger partial charge is 0.241 e. The van der Waals surface area contributed by atoms with Gasteiger partial charge in [0.15, 0.2) is 0 Å². The second kappa shape index (κ2) is 5.86. The van der Waals surface area contributed by atoms with E-state index in [4.69, 9.17) is 0 Å². The first-order valence-electron chi connectivity index (χ1n) is 7.41. The van der Waals surface area contributed by atoms with Crippen LogP contribution in [0.1, 0.15) is 44.2 Å². The fourth-order valence-electron chi connectivity index (χ4n) is 3.11. The molecule has 1 aromatic rings. The SMILES string of the molecule is Cc1ccc(S(=O)(=O)N[C@@H]2CCC[C@@H](C)[C@@H]2C)c(C)c1. The molecule has 1 aliphatic carbocycles. The van der Waals surface area contributed by atoms with Crippen LogP contribution in [0.2, 0.25) is 0 Å². The Hall–Kier alpha value is -0.870. The molecule has 3 nitrogen and oxygen atoms in total. The molecule has 0 unspecified atom stereocenters. The summed E-state index contributed by atoms with van der Waals surface area (Å²) in [7, 11) is -3.41. The lowest BCUT2D eigenvalue weighted by molar-refractivity contribution is 0.227. The molecule has 1 N–H and O–H groups in total. The number of hydrogen-bond donors (Lipinski definition) is 1. The van der Waals surface area contributed by atoms with Crippen LogP contribution in [0.4, 0.5) is 0 Å².